The average molecular weight is 383 g/mol. The highest BCUT2D eigenvalue weighted by Crippen LogP contribution is 2.41. The molecule has 1 saturated heterocycles. The number of carbonyl (C=O) groups excluding carboxylic acids is 2. The average Bonchev–Trinajstić information content (AvgIpc) is 3.30. The summed E-state index contributed by atoms with van der Waals surface area (Å²) in [6.07, 6.45) is 6.67. The lowest BCUT2D eigenvalue weighted by Crippen LogP contribution is -2.44. The van der Waals surface area contributed by atoms with Gasteiger partial charge in [-0.1, -0.05) is 50.3 Å². The van der Waals surface area contributed by atoms with Crippen molar-refractivity contribution in [2.45, 2.75) is 57.7 Å². The summed E-state index contributed by atoms with van der Waals surface area (Å²) < 4.78 is 7.30. The molecule has 6 heteroatoms. The van der Waals surface area contributed by atoms with Crippen LogP contribution in [0, 0.1) is 11.8 Å². The van der Waals surface area contributed by atoms with Gasteiger partial charge in [-0.25, -0.2) is 4.79 Å². The Morgan fingerprint density at radius 1 is 1.21 bits per heavy atom. The van der Waals surface area contributed by atoms with Crippen LogP contribution in [0.1, 0.15) is 62.1 Å². The Morgan fingerprint density at radius 2 is 1.96 bits per heavy atom. The molecule has 1 aromatic heterocycles. The molecule has 150 valence electrons. The van der Waals surface area contributed by atoms with E-state index in [1.54, 1.807) is 6.92 Å². The predicted octanol–water partition coefficient (Wildman–Crippen LogP) is 3.36. The van der Waals surface area contributed by atoms with Gasteiger partial charge in [-0.2, -0.15) is 0 Å². The summed E-state index contributed by atoms with van der Waals surface area (Å²) in [5.41, 5.74) is 7.26. The fraction of sp³-hybridized carbons (Fsp3) is 0.545. The molecule has 28 heavy (non-hydrogen) atoms. The molecule has 1 amide bonds. The highest BCUT2D eigenvalue weighted by Gasteiger charge is 2.43. The van der Waals surface area contributed by atoms with Gasteiger partial charge in [0.05, 0.1) is 24.3 Å². The number of amides is 1. The van der Waals surface area contributed by atoms with Crippen LogP contribution < -0.4 is 11.1 Å². The molecule has 0 spiro atoms. The molecule has 1 aliphatic heterocycles. The number of carbonyl (C=O) groups is 2. The molecule has 0 radical (unpaired) electrons. The van der Waals surface area contributed by atoms with Crippen molar-refractivity contribution >= 4 is 22.8 Å². The first-order chi connectivity index (χ1) is 13.6. The lowest BCUT2D eigenvalue weighted by molar-refractivity contribution is -0.121. The van der Waals surface area contributed by atoms with E-state index in [-0.39, 0.29) is 30.0 Å². The van der Waals surface area contributed by atoms with Gasteiger partial charge in [-0.3, -0.25) is 10.1 Å². The number of benzene rings is 1. The fourth-order valence-electron chi connectivity index (χ4n) is 5.17. The SMILES string of the molecule is CCOC(=O)c1cc2ccccc2n1C1C[C@@H](C2CCCCC2)[C@@H](C(N)=O)N1. The Labute approximate surface area is 165 Å². The third-order valence-corrected chi connectivity index (χ3v) is 6.40. The molecule has 3 N–H and O–H groups in total. The summed E-state index contributed by atoms with van der Waals surface area (Å²) in [6, 6.07) is 9.44. The molecule has 1 aromatic carbocycles. The number of rotatable bonds is 5. The minimum absolute atomic E-state index is 0.149. The van der Waals surface area contributed by atoms with E-state index in [1.807, 2.05) is 34.9 Å². The molecule has 0 bridgehead atoms. The van der Waals surface area contributed by atoms with Gasteiger partial charge in [0.2, 0.25) is 5.91 Å². The lowest BCUT2D eigenvalue weighted by Gasteiger charge is -2.29. The van der Waals surface area contributed by atoms with Crippen LogP contribution >= 0.6 is 0 Å². The van der Waals surface area contributed by atoms with Crippen LogP contribution in [0.4, 0.5) is 0 Å². The molecule has 2 heterocycles. The zero-order chi connectivity index (χ0) is 19.7. The number of aromatic nitrogens is 1. The van der Waals surface area contributed by atoms with Crippen LogP contribution in [0.2, 0.25) is 0 Å². The van der Waals surface area contributed by atoms with E-state index in [0.717, 1.165) is 30.2 Å². The zero-order valence-electron chi connectivity index (χ0n) is 16.4. The van der Waals surface area contributed by atoms with Crippen LogP contribution in [-0.2, 0) is 9.53 Å². The number of nitrogens with zero attached hydrogens (tertiary/aromatic N) is 1. The Bertz CT molecular complexity index is 869. The molecular formula is C22H29N3O3. The molecule has 1 saturated carbocycles. The molecule has 1 unspecified atom stereocenters. The fourth-order valence-corrected chi connectivity index (χ4v) is 5.17. The number of hydrogen-bond donors (Lipinski definition) is 2. The van der Waals surface area contributed by atoms with Gasteiger partial charge in [-0.15, -0.1) is 0 Å². The monoisotopic (exact) mass is 383 g/mol. The molecule has 2 aliphatic rings. The second kappa shape index (κ2) is 7.95. The minimum atomic E-state index is -0.357. The van der Waals surface area contributed by atoms with Gasteiger partial charge in [0, 0.05) is 5.39 Å². The quantitative estimate of drug-likeness (QED) is 0.775. The van der Waals surface area contributed by atoms with Crippen molar-refractivity contribution in [2.24, 2.45) is 17.6 Å². The van der Waals surface area contributed by atoms with Crippen molar-refractivity contribution in [1.82, 2.24) is 9.88 Å². The van der Waals surface area contributed by atoms with Gasteiger partial charge in [0.15, 0.2) is 0 Å². The third kappa shape index (κ3) is 3.41. The minimum Gasteiger partial charge on any atom is -0.461 e. The maximum absolute atomic E-state index is 12.6. The Morgan fingerprint density at radius 3 is 2.68 bits per heavy atom. The highest BCUT2D eigenvalue weighted by atomic mass is 16.5. The van der Waals surface area contributed by atoms with E-state index in [4.69, 9.17) is 10.5 Å². The normalized spacial score (nSPS) is 25.8. The summed E-state index contributed by atoms with van der Waals surface area (Å²) >= 11 is 0. The van der Waals surface area contributed by atoms with Crippen LogP contribution in [0.25, 0.3) is 10.9 Å². The number of para-hydroxylation sites is 1. The first-order valence-electron chi connectivity index (χ1n) is 10.4. The summed E-state index contributed by atoms with van der Waals surface area (Å²) in [7, 11) is 0. The maximum Gasteiger partial charge on any atom is 0.355 e. The Kier molecular flexibility index (Phi) is 5.40. The molecule has 3 atom stereocenters. The smallest absolute Gasteiger partial charge is 0.355 e. The Hall–Kier alpha value is -2.34. The standard InChI is InChI=1S/C22H29N3O3/c1-2-28-22(27)18-12-15-10-6-7-11-17(15)25(18)19-13-16(20(24-19)21(23)26)14-8-4-3-5-9-14/h6-7,10-12,14,16,19-20,24H,2-5,8-9,13H2,1H3,(H2,23,26)/t16-,19?,20-/m0/s1. The van der Waals surface area contributed by atoms with Crippen molar-refractivity contribution in [3.05, 3.63) is 36.0 Å². The number of hydrogen-bond acceptors (Lipinski definition) is 4. The van der Waals surface area contributed by atoms with Gasteiger partial charge in [0.25, 0.3) is 0 Å². The number of ether oxygens (including phenoxy) is 1. The van der Waals surface area contributed by atoms with Crippen molar-refractivity contribution < 1.29 is 14.3 Å². The molecular weight excluding hydrogens is 354 g/mol. The maximum atomic E-state index is 12.6. The van der Waals surface area contributed by atoms with E-state index >= 15 is 0 Å². The first kappa shape index (κ1) is 19.0. The third-order valence-electron chi connectivity index (χ3n) is 6.40. The lowest BCUT2D eigenvalue weighted by atomic mass is 9.76. The highest BCUT2D eigenvalue weighted by molar-refractivity contribution is 5.95. The second-order valence-electron chi connectivity index (χ2n) is 8.04. The van der Waals surface area contributed by atoms with Crippen LogP contribution in [0.15, 0.2) is 30.3 Å². The topological polar surface area (TPSA) is 86.3 Å². The van der Waals surface area contributed by atoms with Crippen molar-refractivity contribution in [3.8, 4) is 0 Å². The molecule has 6 nitrogen and oxygen atoms in total. The van der Waals surface area contributed by atoms with Gasteiger partial charge in [-0.05, 0) is 37.3 Å². The van der Waals surface area contributed by atoms with Crippen molar-refractivity contribution in [1.29, 1.82) is 0 Å². The zero-order valence-corrected chi connectivity index (χ0v) is 16.4. The number of fused-ring (bicyclic) bond motifs is 1. The second-order valence-corrected chi connectivity index (χ2v) is 8.04. The van der Waals surface area contributed by atoms with Gasteiger partial charge < -0.3 is 15.0 Å². The summed E-state index contributed by atoms with van der Waals surface area (Å²) in [5.74, 6) is 0.0834. The van der Waals surface area contributed by atoms with Crippen LogP contribution in [-0.4, -0.2) is 29.1 Å². The van der Waals surface area contributed by atoms with E-state index in [0.29, 0.717) is 18.2 Å². The predicted molar refractivity (Wildman–Crippen MR) is 108 cm³/mol. The van der Waals surface area contributed by atoms with Gasteiger partial charge in [0.1, 0.15) is 5.69 Å². The Balaban J connectivity index is 1.71. The number of nitrogens with two attached hydrogens (primary N) is 1. The van der Waals surface area contributed by atoms with E-state index < -0.39 is 0 Å². The first-order valence-corrected chi connectivity index (χ1v) is 10.4. The summed E-state index contributed by atoms with van der Waals surface area (Å²) in [6.45, 7) is 2.13. The van der Waals surface area contributed by atoms with Crippen molar-refractivity contribution in [2.75, 3.05) is 6.61 Å². The number of esters is 1. The molecule has 2 aromatic rings. The van der Waals surface area contributed by atoms with E-state index in [1.165, 1.54) is 19.3 Å². The summed E-state index contributed by atoms with van der Waals surface area (Å²) in [4.78, 5) is 24.8. The number of nitrogens with one attached hydrogen (secondary N) is 1. The van der Waals surface area contributed by atoms with Crippen LogP contribution in [0.5, 0.6) is 0 Å². The van der Waals surface area contributed by atoms with E-state index in [2.05, 4.69) is 5.32 Å². The summed E-state index contributed by atoms with van der Waals surface area (Å²) in [5, 5.41) is 4.44. The van der Waals surface area contributed by atoms with Crippen LogP contribution in [0.3, 0.4) is 0 Å². The van der Waals surface area contributed by atoms with Crippen molar-refractivity contribution in [3.63, 3.8) is 0 Å². The van der Waals surface area contributed by atoms with Gasteiger partial charge >= 0.3 is 5.97 Å². The molecule has 4 rings (SSSR count). The number of primary amides is 1. The largest absolute Gasteiger partial charge is 0.461 e. The van der Waals surface area contributed by atoms with E-state index in [9.17, 15) is 9.59 Å². The molecule has 1 aliphatic carbocycles. The molecule has 2 fully saturated rings.